The smallest absolute Gasteiger partial charge is 0.159 e. The van der Waals surface area contributed by atoms with Crippen LogP contribution in [-0.4, -0.2) is 25.1 Å². The normalized spacial score (nSPS) is 12.4. The number of aromatic amines is 2. The van der Waals surface area contributed by atoms with E-state index in [0.29, 0.717) is 5.82 Å². The Hall–Kier alpha value is -5.49. The molecule has 0 aliphatic rings. The first kappa shape index (κ1) is 27.1. The van der Waals surface area contributed by atoms with Crippen LogP contribution in [0.15, 0.2) is 129 Å². The molecule has 0 fully saturated rings. The summed E-state index contributed by atoms with van der Waals surface area (Å²) in [6.07, 6.45) is 11.4. The molecule has 0 aliphatic heterocycles. The molecule has 3 N–H and O–H groups in total. The van der Waals surface area contributed by atoms with Gasteiger partial charge in [0.25, 0.3) is 0 Å². The van der Waals surface area contributed by atoms with E-state index in [9.17, 15) is 0 Å². The first-order chi connectivity index (χ1) is 20.0. The molecular formula is C35H32N6. The topological polar surface area (TPSA) is 82.3 Å². The van der Waals surface area contributed by atoms with Crippen LogP contribution in [0.4, 0.5) is 0 Å². The number of rotatable bonds is 10. The van der Waals surface area contributed by atoms with E-state index in [1.54, 1.807) is 18.3 Å². The Morgan fingerprint density at radius 3 is 2.49 bits per heavy atom. The largest absolute Gasteiger partial charge is 0.356 e. The zero-order valence-corrected chi connectivity index (χ0v) is 23.3. The number of allylic oxidation sites excluding steroid dienone is 6. The molecule has 2 aromatic carbocycles. The third-order valence-electron chi connectivity index (χ3n) is 6.75. The Kier molecular flexibility index (Phi) is 8.02. The first-order valence-electron chi connectivity index (χ1n) is 13.3. The third kappa shape index (κ3) is 5.77. The summed E-state index contributed by atoms with van der Waals surface area (Å²) in [4.78, 5) is 12.9. The van der Waals surface area contributed by atoms with Gasteiger partial charge in [0.05, 0.1) is 16.9 Å². The number of H-pyrrole nitrogens is 2. The average molecular weight is 537 g/mol. The zero-order chi connectivity index (χ0) is 28.8. The van der Waals surface area contributed by atoms with Gasteiger partial charge in [0.2, 0.25) is 0 Å². The number of imidazole rings is 1. The predicted octanol–water partition coefficient (Wildman–Crippen LogP) is 8.01. The lowest BCUT2D eigenvalue weighted by molar-refractivity contribution is 1.10. The molecule has 202 valence electrons. The second-order valence-corrected chi connectivity index (χ2v) is 9.44. The van der Waals surface area contributed by atoms with E-state index in [0.717, 1.165) is 67.3 Å². The summed E-state index contributed by atoms with van der Waals surface area (Å²) < 4.78 is 0. The van der Waals surface area contributed by atoms with Crippen molar-refractivity contribution in [2.24, 2.45) is 0 Å². The number of benzene rings is 2. The molecule has 41 heavy (non-hydrogen) atoms. The van der Waals surface area contributed by atoms with Gasteiger partial charge in [-0.25, -0.2) is 4.98 Å². The van der Waals surface area contributed by atoms with Crippen molar-refractivity contribution in [3.05, 3.63) is 157 Å². The Morgan fingerprint density at radius 1 is 0.976 bits per heavy atom. The molecule has 0 amide bonds. The molecule has 5 aromatic rings. The van der Waals surface area contributed by atoms with Gasteiger partial charge in [-0.1, -0.05) is 80.4 Å². The SMILES string of the molecule is C=C/C=C(/c1ccccn1)c1nc(-c2n[nH]c3ccc(C(/C=C(\C=C)NC(=C)c4ccccc4)=C/C)cc23)[nH]c1C. The van der Waals surface area contributed by atoms with Gasteiger partial charge >= 0.3 is 0 Å². The molecule has 0 spiro atoms. The molecule has 5 rings (SSSR count). The Morgan fingerprint density at radius 2 is 1.78 bits per heavy atom. The molecule has 0 saturated heterocycles. The van der Waals surface area contributed by atoms with Gasteiger partial charge in [-0.3, -0.25) is 10.1 Å². The number of nitrogens with zero attached hydrogens (tertiary/aromatic N) is 3. The number of hydrogen-bond donors (Lipinski definition) is 3. The first-order valence-corrected chi connectivity index (χ1v) is 13.3. The highest BCUT2D eigenvalue weighted by Crippen LogP contribution is 2.31. The second-order valence-electron chi connectivity index (χ2n) is 9.44. The summed E-state index contributed by atoms with van der Waals surface area (Å²) in [5, 5.41) is 12.1. The van der Waals surface area contributed by atoms with Gasteiger partial charge in [-0.15, -0.1) is 0 Å². The number of hydrogen-bond acceptors (Lipinski definition) is 4. The number of pyridine rings is 1. The molecule has 0 unspecified atom stereocenters. The predicted molar refractivity (Wildman–Crippen MR) is 170 cm³/mol. The molecule has 0 atom stereocenters. The monoisotopic (exact) mass is 536 g/mol. The number of aromatic nitrogens is 5. The van der Waals surface area contributed by atoms with E-state index in [1.165, 1.54) is 0 Å². The van der Waals surface area contributed by atoms with Crippen molar-refractivity contribution < 1.29 is 0 Å². The minimum Gasteiger partial charge on any atom is -0.356 e. The highest BCUT2D eigenvalue weighted by molar-refractivity contribution is 5.95. The van der Waals surface area contributed by atoms with Crippen LogP contribution in [0.1, 0.15) is 35.1 Å². The zero-order valence-electron chi connectivity index (χ0n) is 23.3. The lowest BCUT2D eigenvalue weighted by Gasteiger charge is -2.12. The Bertz CT molecular complexity index is 1810. The van der Waals surface area contributed by atoms with Gasteiger partial charge in [-0.05, 0) is 67.0 Å². The maximum Gasteiger partial charge on any atom is 0.159 e. The Labute approximate surface area is 240 Å². The molecule has 6 heteroatoms. The van der Waals surface area contributed by atoms with Crippen LogP contribution >= 0.6 is 0 Å². The van der Waals surface area contributed by atoms with Crippen LogP contribution in [0.25, 0.3) is 39.3 Å². The van der Waals surface area contributed by atoms with Crippen LogP contribution in [0.2, 0.25) is 0 Å². The molecule has 6 nitrogen and oxygen atoms in total. The molecule has 0 radical (unpaired) electrons. The lowest BCUT2D eigenvalue weighted by Crippen LogP contribution is -2.09. The van der Waals surface area contributed by atoms with Crippen molar-refractivity contribution >= 4 is 27.7 Å². The van der Waals surface area contributed by atoms with E-state index in [1.807, 2.05) is 74.5 Å². The van der Waals surface area contributed by atoms with Crippen LogP contribution < -0.4 is 5.32 Å². The van der Waals surface area contributed by atoms with E-state index >= 15 is 0 Å². The fraction of sp³-hybridized carbons (Fsp3) is 0.0571. The van der Waals surface area contributed by atoms with Crippen LogP contribution in [0, 0.1) is 6.92 Å². The molecule has 3 heterocycles. The second kappa shape index (κ2) is 12.1. The number of aryl methyl sites for hydroxylation is 1. The lowest BCUT2D eigenvalue weighted by atomic mass is 10.0. The van der Waals surface area contributed by atoms with Crippen molar-refractivity contribution in [3.8, 4) is 11.5 Å². The van der Waals surface area contributed by atoms with Gasteiger partial charge in [0.15, 0.2) is 5.82 Å². The standard InChI is InChI=1S/C35H32N6/c1-6-14-29(31-17-12-13-20-36-31)33-24(5)38-35(39-33)34-30-22-27(18-19-32(30)40-41-34)25(7-2)21-28(8-3)37-23(4)26-15-10-9-11-16-26/h6-22,37H,1,3-4H2,2,5H3,(H,38,39)(H,40,41)/b25-7+,28-21+,29-14-. The molecule has 0 aliphatic carbocycles. The van der Waals surface area contributed by atoms with Crippen molar-refractivity contribution in [3.63, 3.8) is 0 Å². The fourth-order valence-corrected chi connectivity index (χ4v) is 4.67. The Balaban J connectivity index is 1.49. The van der Waals surface area contributed by atoms with Crippen LogP contribution in [0.3, 0.4) is 0 Å². The summed E-state index contributed by atoms with van der Waals surface area (Å²) >= 11 is 0. The quantitative estimate of drug-likeness (QED) is 0.158. The van der Waals surface area contributed by atoms with Crippen LogP contribution in [-0.2, 0) is 0 Å². The maximum atomic E-state index is 4.96. The van der Waals surface area contributed by atoms with Gasteiger partial charge < -0.3 is 10.3 Å². The van der Waals surface area contributed by atoms with Crippen molar-refractivity contribution in [2.75, 3.05) is 0 Å². The number of fused-ring (bicyclic) bond motifs is 1. The molecule has 3 aromatic heterocycles. The van der Waals surface area contributed by atoms with Crippen molar-refractivity contribution in [2.45, 2.75) is 13.8 Å². The molecule has 0 saturated carbocycles. The third-order valence-corrected chi connectivity index (χ3v) is 6.75. The van der Waals surface area contributed by atoms with E-state index in [-0.39, 0.29) is 0 Å². The number of nitrogens with one attached hydrogen (secondary N) is 3. The van der Waals surface area contributed by atoms with E-state index in [2.05, 4.69) is 69.5 Å². The summed E-state index contributed by atoms with van der Waals surface area (Å²) in [7, 11) is 0. The highest BCUT2D eigenvalue weighted by atomic mass is 15.1. The molecule has 0 bridgehead atoms. The minimum absolute atomic E-state index is 0.678. The average Bonchev–Trinajstić information content (AvgIpc) is 3.61. The van der Waals surface area contributed by atoms with Gasteiger partial charge in [-0.2, -0.15) is 5.10 Å². The van der Waals surface area contributed by atoms with Crippen molar-refractivity contribution in [1.82, 2.24) is 30.5 Å². The summed E-state index contributed by atoms with van der Waals surface area (Å²) in [6.45, 7) is 16.1. The van der Waals surface area contributed by atoms with E-state index in [4.69, 9.17) is 4.98 Å². The molecular weight excluding hydrogens is 504 g/mol. The van der Waals surface area contributed by atoms with E-state index < -0.39 is 0 Å². The maximum absolute atomic E-state index is 4.96. The van der Waals surface area contributed by atoms with Crippen LogP contribution in [0.5, 0.6) is 0 Å². The summed E-state index contributed by atoms with van der Waals surface area (Å²) in [5.74, 6) is 0.678. The van der Waals surface area contributed by atoms with Gasteiger partial charge in [0.1, 0.15) is 5.69 Å². The van der Waals surface area contributed by atoms with Gasteiger partial charge in [0, 0.05) is 34.2 Å². The van der Waals surface area contributed by atoms with Crippen molar-refractivity contribution in [1.29, 1.82) is 0 Å². The highest BCUT2D eigenvalue weighted by Gasteiger charge is 2.18. The summed E-state index contributed by atoms with van der Waals surface area (Å²) in [5.41, 5.74) is 9.86. The minimum atomic E-state index is 0.678. The summed E-state index contributed by atoms with van der Waals surface area (Å²) in [6, 6.07) is 22.1. The fourth-order valence-electron chi connectivity index (χ4n) is 4.67.